The van der Waals surface area contributed by atoms with Gasteiger partial charge in [-0.3, -0.25) is 4.79 Å². The number of halogens is 2. The number of nitrogens with zero attached hydrogens (tertiary/aromatic N) is 4. The molecule has 0 aromatic carbocycles. The molecule has 0 aliphatic rings. The molecule has 0 aliphatic carbocycles. The van der Waals surface area contributed by atoms with Crippen LogP contribution in [0.5, 0.6) is 0 Å². The van der Waals surface area contributed by atoms with Gasteiger partial charge in [0, 0.05) is 24.5 Å². The minimum Gasteiger partial charge on any atom is -0.348 e. The van der Waals surface area contributed by atoms with Gasteiger partial charge in [0.15, 0.2) is 0 Å². The average Bonchev–Trinajstić information content (AvgIpc) is 2.81. The zero-order valence-corrected chi connectivity index (χ0v) is 13.1. The Morgan fingerprint density at radius 3 is 2.75 bits per heavy atom. The lowest BCUT2D eigenvalue weighted by molar-refractivity contribution is 0.0940. The summed E-state index contributed by atoms with van der Waals surface area (Å²) in [6.07, 6.45) is 1.64. The molecule has 0 aliphatic heterocycles. The molecule has 2 heterocycles. The summed E-state index contributed by atoms with van der Waals surface area (Å²) in [5.41, 5.74) is 0.884. The van der Waals surface area contributed by atoms with Gasteiger partial charge in [0.1, 0.15) is 0 Å². The first kappa shape index (κ1) is 18.6. The fraction of sp³-hybridized carbons (Fsp3) is 0.455. The van der Waals surface area contributed by atoms with Crippen LogP contribution in [0.2, 0.25) is 0 Å². The summed E-state index contributed by atoms with van der Waals surface area (Å²) in [6.45, 7) is 4.38. The highest BCUT2D eigenvalue weighted by molar-refractivity contribution is 5.90. The van der Waals surface area contributed by atoms with E-state index in [0.717, 1.165) is 5.69 Å². The maximum atomic E-state index is 11.8. The zero-order valence-electron chi connectivity index (χ0n) is 11.5. The lowest BCUT2D eigenvalue weighted by Gasteiger charge is -2.09. The Morgan fingerprint density at radius 1 is 1.45 bits per heavy atom. The molecule has 20 heavy (non-hydrogen) atoms. The normalized spacial score (nSPS) is 11.3. The number of aromatic nitrogens is 4. The Bertz CT molecular complexity index is 573. The number of hydrogen-bond donors (Lipinski definition) is 2. The van der Waals surface area contributed by atoms with Crippen molar-refractivity contribution in [3.63, 3.8) is 0 Å². The SMILES string of the molecule is CNC(C)CNC(=O)c1nc2nccc(C)n2n1.Cl.Cl. The van der Waals surface area contributed by atoms with Crippen LogP contribution >= 0.6 is 24.8 Å². The third kappa shape index (κ3) is 4.03. The van der Waals surface area contributed by atoms with E-state index >= 15 is 0 Å². The minimum atomic E-state index is -0.290. The lowest BCUT2D eigenvalue weighted by Crippen LogP contribution is -2.37. The van der Waals surface area contributed by atoms with Gasteiger partial charge in [-0.2, -0.15) is 4.98 Å². The van der Waals surface area contributed by atoms with E-state index in [-0.39, 0.29) is 42.6 Å². The number of aryl methyl sites for hydroxylation is 1. The van der Waals surface area contributed by atoms with E-state index in [1.165, 1.54) is 0 Å². The highest BCUT2D eigenvalue weighted by atomic mass is 35.5. The number of rotatable bonds is 4. The lowest BCUT2D eigenvalue weighted by atomic mass is 10.3. The molecule has 7 nitrogen and oxygen atoms in total. The number of carbonyl (C=O) groups excluding carboxylic acids is 1. The van der Waals surface area contributed by atoms with Crippen molar-refractivity contribution >= 4 is 36.5 Å². The van der Waals surface area contributed by atoms with Crippen LogP contribution in [0, 0.1) is 6.92 Å². The highest BCUT2D eigenvalue weighted by Crippen LogP contribution is 2.01. The first-order valence-corrected chi connectivity index (χ1v) is 5.75. The Hall–Kier alpha value is -1.44. The van der Waals surface area contributed by atoms with Crippen LogP contribution in [0.4, 0.5) is 0 Å². The van der Waals surface area contributed by atoms with Gasteiger partial charge in [-0.25, -0.2) is 9.50 Å². The average molecular weight is 321 g/mol. The Kier molecular flexibility index (Phi) is 7.41. The molecule has 2 aromatic rings. The molecule has 2 aromatic heterocycles. The Balaban J connectivity index is 0.00000180. The van der Waals surface area contributed by atoms with Crippen LogP contribution in [0.3, 0.4) is 0 Å². The largest absolute Gasteiger partial charge is 0.348 e. The van der Waals surface area contributed by atoms with E-state index in [2.05, 4.69) is 25.7 Å². The molecule has 0 saturated heterocycles. The van der Waals surface area contributed by atoms with Gasteiger partial charge in [0.2, 0.25) is 5.82 Å². The van der Waals surface area contributed by atoms with Crippen molar-refractivity contribution in [3.05, 3.63) is 23.8 Å². The summed E-state index contributed by atoms with van der Waals surface area (Å²) < 4.78 is 1.55. The maximum Gasteiger partial charge on any atom is 0.291 e. The van der Waals surface area contributed by atoms with Crippen LogP contribution in [0.1, 0.15) is 23.2 Å². The molecule has 1 amide bonds. The molecule has 0 bridgehead atoms. The van der Waals surface area contributed by atoms with Crippen LogP contribution < -0.4 is 10.6 Å². The van der Waals surface area contributed by atoms with E-state index in [1.807, 2.05) is 27.0 Å². The van der Waals surface area contributed by atoms with Crippen molar-refractivity contribution in [3.8, 4) is 0 Å². The number of hydrogen-bond acceptors (Lipinski definition) is 5. The van der Waals surface area contributed by atoms with Gasteiger partial charge in [-0.15, -0.1) is 29.9 Å². The summed E-state index contributed by atoms with van der Waals surface area (Å²) in [5.74, 6) is 0.281. The van der Waals surface area contributed by atoms with Gasteiger partial charge < -0.3 is 10.6 Å². The summed E-state index contributed by atoms with van der Waals surface area (Å²) >= 11 is 0. The topological polar surface area (TPSA) is 84.2 Å². The third-order valence-electron chi connectivity index (χ3n) is 2.69. The van der Waals surface area contributed by atoms with E-state index in [1.54, 1.807) is 10.7 Å². The number of amides is 1. The molecule has 9 heteroatoms. The van der Waals surface area contributed by atoms with E-state index < -0.39 is 0 Å². The predicted molar refractivity (Wildman–Crippen MR) is 80.9 cm³/mol. The first-order valence-electron chi connectivity index (χ1n) is 5.75. The summed E-state index contributed by atoms with van der Waals surface area (Å²) in [6, 6.07) is 2.01. The molecule has 0 saturated carbocycles. The number of carbonyl (C=O) groups is 1. The molecule has 0 radical (unpaired) electrons. The van der Waals surface area contributed by atoms with Gasteiger partial charge in [-0.05, 0) is 27.0 Å². The molecule has 0 fully saturated rings. The van der Waals surface area contributed by atoms with Crippen molar-refractivity contribution < 1.29 is 4.79 Å². The summed E-state index contributed by atoms with van der Waals surface area (Å²) in [4.78, 5) is 20.0. The molecule has 2 N–H and O–H groups in total. The number of likely N-dealkylation sites (N-methyl/N-ethyl adjacent to an activating group) is 1. The highest BCUT2D eigenvalue weighted by Gasteiger charge is 2.14. The van der Waals surface area contributed by atoms with Crippen LogP contribution in [0.25, 0.3) is 5.78 Å². The summed E-state index contributed by atoms with van der Waals surface area (Å²) in [5, 5.41) is 9.92. The van der Waals surface area contributed by atoms with Crippen LogP contribution in [0.15, 0.2) is 12.3 Å². The first-order chi connectivity index (χ1) is 8.61. The third-order valence-corrected chi connectivity index (χ3v) is 2.69. The van der Waals surface area contributed by atoms with Crippen molar-refractivity contribution in [2.75, 3.05) is 13.6 Å². The Morgan fingerprint density at radius 2 is 2.15 bits per heavy atom. The van der Waals surface area contributed by atoms with Crippen molar-refractivity contribution in [2.45, 2.75) is 19.9 Å². The molecule has 1 atom stereocenters. The molecule has 1 unspecified atom stereocenters. The monoisotopic (exact) mass is 320 g/mol. The molecule has 2 rings (SSSR count). The predicted octanol–water partition coefficient (Wildman–Crippen LogP) is 0.614. The molecule has 0 spiro atoms. The smallest absolute Gasteiger partial charge is 0.291 e. The fourth-order valence-electron chi connectivity index (χ4n) is 1.43. The van der Waals surface area contributed by atoms with E-state index in [9.17, 15) is 4.79 Å². The van der Waals surface area contributed by atoms with Crippen molar-refractivity contribution in [1.29, 1.82) is 0 Å². The standard InChI is InChI=1S/C11H16N6O.2ClH/c1-7(12-3)6-14-10(18)9-15-11-13-5-4-8(2)17(11)16-9;;/h4-5,7,12H,6H2,1-3H3,(H,14,18);2*1H. The van der Waals surface area contributed by atoms with Gasteiger partial charge >= 0.3 is 0 Å². The van der Waals surface area contributed by atoms with Crippen molar-refractivity contribution in [2.24, 2.45) is 0 Å². The number of nitrogens with one attached hydrogen (secondary N) is 2. The van der Waals surface area contributed by atoms with E-state index in [4.69, 9.17) is 0 Å². The fourth-order valence-corrected chi connectivity index (χ4v) is 1.43. The van der Waals surface area contributed by atoms with Gasteiger partial charge in [-0.1, -0.05) is 0 Å². The second kappa shape index (κ2) is 7.98. The van der Waals surface area contributed by atoms with Crippen LogP contribution in [-0.4, -0.2) is 45.1 Å². The maximum absolute atomic E-state index is 11.8. The number of fused-ring (bicyclic) bond motifs is 1. The molecular formula is C11H18Cl2N6O. The molecular weight excluding hydrogens is 303 g/mol. The Labute approximate surface area is 129 Å². The van der Waals surface area contributed by atoms with Gasteiger partial charge in [0.05, 0.1) is 0 Å². The second-order valence-corrected chi connectivity index (χ2v) is 4.13. The summed E-state index contributed by atoms with van der Waals surface area (Å²) in [7, 11) is 1.84. The molecule has 112 valence electrons. The van der Waals surface area contributed by atoms with Crippen LogP contribution in [-0.2, 0) is 0 Å². The van der Waals surface area contributed by atoms with Crippen molar-refractivity contribution in [1.82, 2.24) is 30.2 Å². The quantitative estimate of drug-likeness (QED) is 0.862. The zero-order chi connectivity index (χ0) is 13.1. The minimum absolute atomic E-state index is 0. The second-order valence-electron chi connectivity index (χ2n) is 4.13. The van der Waals surface area contributed by atoms with E-state index in [0.29, 0.717) is 12.3 Å². The van der Waals surface area contributed by atoms with Gasteiger partial charge in [0.25, 0.3) is 11.7 Å².